The molecule has 1 aromatic heterocycles. The van der Waals surface area contributed by atoms with Crippen LogP contribution in [0.3, 0.4) is 0 Å². The van der Waals surface area contributed by atoms with Crippen LogP contribution in [0, 0.1) is 5.82 Å². The molecule has 3 rings (SSSR count). The summed E-state index contributed by atoms with van der Waals surface area (Å²) in [7, 11) is 3.35. The number of thioether (sulfide) groups is 1. The quantitative estimate of drug-likeness (QED) is 0.494. The average Bonchev–Trinajstić information content (AvgIpc) is 3.12. The molecule has 0 unspecified atom stereocenters. The monoisotopic (exact) mass is 443 g/mol. The van der Waals surface area contributed by atoms with Crippen LogP contribution in [0.15, 0.2) is 53.7 Å². The number of nitrogens with zero attached hydrogens (tertiary/aromatic N) is 3. The second-order valence-corrected chi connectivity index (χ2v) is 7.45. The summed E-state index contributed by atoms with van der Waals surface area (Å²) < 4.78 is 20.6. The van der Waals surface area contributed by atoms with Gasteiger partial charge in [0.2, 0.25) is 5.91 Å². The Morgan fingerprint density at radius 3 is 2.74 bits per heavy atom. The van der Waals surface area contributed by atoms with Crippen molar-refractivity contribution in [2.24, 2.45) is 7.05 Å². The molecule has 2 amide bonds. The summed E-state index contributed by atoms with van der Waals surface area (Å²) in [5, 5.41) is 14.3. The fourth-order valence-corrected chi connectivity index (χ4v) is 3.47. The number of aromatic nitrogens is 3. The minimum absolute atomic E-state index is 0.00115. The van der Waals surface area contributed by atoms with Gasteiger partial charge < -0.3 is 19.9 Å². The minimum Gasteiger partial charge on any atom is -0.497 e. The number of rotatable bonds is 9. The van der Waals surface area contributed by atoms with Crippen molar-refractivity contribution in [2.45, 2.75) is 11.6 Å². The van der Waals surface area contributed by atoms with Crippen LogP contribution in [-0.4, -0.2) is 46.0 Å². The Morgan fingerprint density at radius 2 is 1.97 bits per heavy atom. The first kappa shape index (κ1) is 22.3. The van der Waals surface area contributed by atoms with Crippen molar-refractivity contribution in [3.8, 4) is 5.75 Å². The Labute approximate surface area is 183 Å². The van der Waals surface area contributed by atoms with Gasteiger partial charge in [-0.05, 0) is 24.3 Å². The van der Waals surface area contributed by atoms with E-state index in [2.05, 4.69) is 20.8 Å². The van der Waals surface area contributed by atoms with Crippen LogP contribution in [0.1, 0.15) is 16.2 Å². The van der Waals surface area contributed by atoms with Crippen LogP contribution in [0.25, 0.3) is 0 Å². The number of methoxy groups -OCH3 is 1. The third-order valence-corrected chi connectivity index (χ3v) is 5.38. The van der Waals surface area contributed by atoms with Crippen molar-refractivity contribution in [1.82, 2.24) is 20.1 Å². The fourth-order valence-electron chi connectivity index (χ4n) is 2.74. The van der Waals surface area contributed by atoms with Gasteiger partial charge in [0.15, 0.2) is 5.16 Å². The van der Waals surface area contributed by atoms with Crippen molar-refractivity contribution < 1.29 is 18.7 Å². The number of hydrogen-bond donors (Lipinski definition) is 2. The van der Waals surface area contributed by atoms with Gasteiger partial charge in [0.1, 0.15) is 17.4 Å². The molecule has 3 aromatic rings. The zero-order valence-corrected chi connectivity index (χ0v) is 17.9. The third kappa shape index (κ3) is 6.05. The zero-order chi connectivity index (χ0) is 22.2. The number of carbonyl (C=O) groups excluding carboxylic acids is 2. The van der Waals surface area contributed by atoms with E-state index in [1.807, 2.05) is 0 Å². The summed E-state index contributed by atoms with van der Waals surface area (Å²) in [6.07, 6.45) is 0.417. The largest absolute Gasteiger partial charge is 0.497 e. The second kappa shape index (κ2) is 10.6. The number of benzene rings is 2. The maximum Gasteiger partial charge on any atom is 0.254 e. The van der Waals surface area contributed by atoms with E-state index in [9.17, 15) is 14.0 Å². The van der Waals surface area contributed by atoms with Crippen LogP contribution in [0.2, 0.25) is 0 Å². The molecule has 1 heterocycles. The van der Waals surface area contributed by atoms with E-state index in [0.717, 1.165) is 0 Å². The van der Waals surface area contributed by atoms with Crippen molar-refractivity contribution in [3.63, 3.8) is 0 Å². The van der Waals surface area contributed by atoms with Gasteiger partial charge in [0.25, 0.3) is 5.91 Å². The number of nitrogens with one attached hydrogen (secondary N) is 2. The highest BCUT2D eigenvalue weighted by molar-refractivity contribution is 7.99. The number of ether oxygens (including phenoxy) is 1. The Balaban J connectivity index is 1.47. The first-order valence-electron chi connectivity index (χ1n) is 9.45. The topological polar surface area (TPSA) is 98.1 Å². The lowest BCUT2D eigenvalue weighted by atomic mass is 10.2. The van der Waals surface area contributed by atoms with E-state index < -0.39 is 11.7 Å². The van der Waals surface area contributed by atoms with E-state index >= 15 is 0 Å². The van der Waals surface area contributed by atoms with Gasteiger partial charge in [0.05, 0.1) is 18.4 Å². The van der Waals surface area contributed by atoms with E-state index in [0.29, 0.717) is 28.8 Å². The van der Waals surface area contributed by atoms with Crippen LogP contribution >= 0.6 is 11.8 Å². The smallest absolute Gasteiger partial charge is 0.254 e. The number of carbonyl (C=O) groups is 2. The van der Waals surface area contributed by atoms with Crippen molar-refractivity contribution in [3.05, 3.63) is 65.7 Å². The summed E-state index contributed by atoms with van der Waals surface area (Å²) in [4.78, 5) is 24.3. The van der Waals surface area contributed by atoms with Gasteiger partial charge in [-0.25, -0.2) is 4.39 Å². The zero-order valence-electron chi connectivity index (χ0n) is 17.1. The van der Waals surface area contributed by atoms with Gasteiger partial charge in [-0.1, -0.05) is 30.0 Å². The van der Waals surface area contributed by atoms with E-state index in [-0.39, 0.29) is 23.8 Å². The van der Waals surface area contributed by atoms with Crippen LogP contribution in [0.4, 0.5) is 10.1 Å². The van der Waals surface area contributed by atoms with Crippen LogP contribution in [-0.2, 0) is 18.3 Å². The van der Waals surface area contributed by atoms with Crippen LogP contribution in [0.5, 0.6) is 5.75 Å². The molecule has 2 aromatic carbocycles. The summed E-state index contributed by atoms with van der Waals surface area (Å²) in [5.74, 6) is 0.233. The summed E-state index contributed by atoms with van der Waals surface area (Å²) >= 11 is 1.25. The molecular weight excluding hydrogens is 421 g/mol. The number of anilines is 1. The number of hydrogen-bond acceptors (Lipinski definition) is 6. The molecule has 0 aliphatic rings. The molecule has 10 heteroatoms. The van der Waals surface area contributed by atoms with Gasteiger partial charge >= 0.3 is 0 Å². The highest BCUT2D eigenvalue weighted by Crippen LogP contribution is 2.19. The molecule has 0 spiro atoms. The lowest BCUT2D eigenvalue weighted by molar-refractivity contribution is -0.113. The molecular formula is C21H22FN5O3S. The molecule has 0 fully saturated rings. The van der Waals surface area contributed by atoms with Gasteiger partial charge in [-0.3, -0.25) is 9.59 Å². The highest BCUT2D eigenvalue weighted by atomic mass is 32.2. The predicted molar refractivity (Wildman–Crippen MR) is 116 cm³/mol. The summed E-state index contributed by atoms with van der Waals surface area (Å²) in [5.41, 5.74) is 0.646. The van der Waals surface area contributed by atoms with Crippen molar-refractivity contribution in [2.75, 3.05) is 24.7 Å². The molecule has 0 saturated heterocycles. The molecule has 2 N–H and O–H groups in total. The maximum atomic E-state index is 13.7. The minimum atomic E-state index is -0.565. The van der Waals surface area contributed by atoms with Gasteiger partial charge in [0, 0.05) is 31.8 Å². The molecule has 0 atom stereocenters. The molecule has 0 saturated carbocycles. The molecule has 0 radical (unpaired) electrons. The van der Waals surface area contributed by atoms with E-state index in [1.54, 1.807) is 49.1 Å². The Hall–Kier alpha value is -3.40. The SMILES string of the molecule is COc1cccc(NC(=O)CSc2nnc(CCNC(=O)c3ccccc3F)n2C)c1. The van der Waals surface area contributed by atoms with Crippen LogP contribution < -0.4 is 15.4 Å². The molecule has 162 valence electrons. The van der Waals surface area contributed by atoms with Crippen molar-refractivity contribution in [1.29, 1.82) is 0 Å². The number of halogens is 1. The van der Waals surface area contributed by atoms with E-state index in [4.69, 9.17) is 4.74 Å². The van der Waals surface area contributed by atoms with E-state index in [1.165, 1.54) is 30.0 Å². The third-order valence-electron chi connectivity index (χ3n) is 4.36. The molecule has 8 nitrogen and oxygen atoms in total. The van der Waals surface area contributed by atoms with Gasteiger partial charge in [-0.15, -0.1) is 10.2 Å². The molecule has 0 aliphatic heterocycles. The lowest BCUT2D eigenvalue weighted by Crippen LogP contribution is -2.27. The Morgan fingerprint density at radius 1 is 1.16 bits per heavy atom. The van der Waals surface area contributed by atoms with Crippen molar-refractivity contribution >= 4 is 29.3 Å². The summed E-state index contributed by atoms with van der Waals surface area (Å²) in [6, 6.07) is 12.9. The number of amides is 2. The standard InChI is InChI=1S/C21H22FN5O3S/c1-27-18(10-11-23-20(29)16-8-3-4-9-17(16)22)25-26-21(27)31-13-19(28)24-14-6-5-7-15(12-14)30-2/h3-9,12H,10-11,13H2,1-2H3,(H,23,29)(H,24,28). The first-order chi connectivity index (χ1) is 15.0. The normalized spacial score (nSPS) is 10.5. The molecule has 0 bridgehead atoms. The predicted octanol–water partition coefficient (Wildman–Crippen LogP) is 2.67. The lowest BCUT2D eigenvalue weighted by Gasteiger charge is -2.07. The Bertz CT molecular complexity index is 1070. The van der Waals surface area contributed by atoms with Gasteiger partial charge in [-0.2, -0.15) is 0 Å². The molecule has 0 aliphatic carbocycles. The average molecular weight is 444 g/mol. The first-order valence-corrected chi connectivity index (χ1v) is 10.4. The second-order valence-electron chi connectivity index (χ2n) is 6.51. The maximum absolute atomic E-state index is 13.7. The Kier molecular flexibility index (Phi) is 7.60. The summed E-state index contributed by atoms with van der Waals surface area (Å²) in [6.45, 7) is 0.278. The molecule has 31 heavy (non-hydrogen) atoms. The highest BCUT2D eigenvalue weighted by Gasteiger charge is 2.14. The fraction of sp³-hybridized carbons (Fsp3) is 0.238.